The average molecular weight is 1070 g/mol. The predicted molar refractivity (Wildman–Crippen MR) is 285 cm³/mol. The summed E-state index contributed by atoms with van der Waals surface area (Å²) in [6.45, 7) is 1.22. The van der Waals surface area contributed by atoms with E-state index in [1.165, 1.54) is 6.92 Å². The number of nitrogens with zero attached hydrogens (tertiary/aromatic N) is 2. The van der Waals surface area contributed by atoms with Crippen LogP contribution in [-0.2, 0) is 60.8 Å². The van der Waals surface area contributed by atoms with Gasteiger partial charge in [-0.3, -0.25) is 57.9 Å². The van der Waals surface area contributed by atoms with Crippen LogP contribution in [0.4, 0.5) is 5.69 Å². The zero-order chi connectivity index (χ0) is 56.6. The van der Waals surface area contributed by atoms with Crippen molar-refractivity contribution in [3.8, 4) is 0 Å². The molecule has 4 rings (SSSR count). The zero-order valence-corrected chi connectivity index (χ0v) is 42.9. The first-order valence-electron chi connectivity index (χ1n) is 25.0. The summed E-state index contributed by atoms with van der Waals surface area (Å²) in [4.78, 5) is 148. The van der Waals surface area contributed by atoms with Gasteiger partial charge in [0, 0.05) is 75.0 Å². The number of benzene rings is 2. The van der Waals surface area contributed by atoms with Crippen molar-refractivity contribution in [2.45, 2.75) is 126 Å². The third-order valence-electron chi connectivity index (χ3n) is 12.3. The summed E-state index contributed by atoms with van der Waals surface area (Å²) >= 11 is 0. The molecular formula is C49H72N18O10. The molecule has 3 aromatic rings. The van der Waals surface area contributed by atoms with Gasteiger partial charge >= 0.3 is 0 Å². The number of hydrogen-bond donors (Lipinski definition) is 16. The maximum absolute atomic E-state index is 14.7. The summed E-state index contributed by atoms with van der Waals surface area (Å²) in [5.74, 6) is -8.76. The van der Waals surface area contributed by atoms with Crippen molar-refractivity contribution < 1.29 is 47.9 Å². The SMILES string of the molecule is CC(=O)N[C@@H](CCCN=C(N)N)C(=O)N[C@H]1CCCNC(=O)CC[C@@H](C(N)=O)NC(=O)[C@H](Cc2c[nH]c3ccccc23)NC(=O)[C@H](CCCN=C(N)N)NC(=O)[C@@H](Cc2ccc(N)cc2)NC(=O)[C@H](CCC(N)=O)NC1=O. The number of carbonyl (C=O) groups excluding carboxylic acids is 10. The highest BCUT2D eigenvalue weighted by Crippen LogP contribution is 2.20. The molecule has 28 nitrogen and oxygen atoms in total. The molecule has 1 fully saturated rings. The fraction of sp³-hybridized carbons (Fsp3) is 0.469. The summed E-state index contributed by atoms with van der Waals surface area (Å²) in [5.41, 5.74) is 41.4. The molecule has 7 atom stereocenters. The zero-order valence-electron chi connectivity index (χ0n) is 42.9. The number of anilines is 1. The summed E-state index contributed by atoms with van der Waals surface area (Å²) in [5, 5.41) is 21.7. The summed E-state index contributed by atoms with van der Waals surface area (Å²) in [6, 6.07) is 3.53. The number of fused-ring (bicyclic) bond motifs is 1. The number of amides is 10. The minimum absolute atomic E-state index is 0.0106. The monoisotopic (exact) mass is 1070 g/mol. The Morgan fingerprint density at radius 2 is 1.27 bits per heavy atom. The number of nitrogen functional groups attached to an aromatic ring is 1. The molecule has 1 aliphatic heterocycles. The highest BCUT2D eigenvalue weighted by atomic mass is 16.2. The Kier molecular flexibility index (Phi) is 23.9. The Hall–Kier alpha value is -8.98. The highest BCUT2D eigenvalue weighted by Gasteiger charge is 2.35. The summed E-state index contributed by atoms with van der Waals surface area (Å²) in [7, 11) is 0. The van der Waals surface area contributed by atoms with Crippen LogP contribution in [0, 0.1) is 0 Å². The average Bonchev–Trinajstić information content (AvgIpc) is 3.78. The molecule has 0 spiro atoms. The van der Waals surface area contributed by atoms with Crippen LogP contribution in [0.5, 0.6) is 0 Å². The van der Waals surface area contributed by atoms with E-state index in [0.717, 1.165) is 10.9 Å². The number of nitrogens with two attached hydrogens (primary N) is 7. The maximum atomic E-state index is 14.7. The van der Waals surface area contributed by atoms with Crippen molar-refractivity contribution >= 4 is 87.6 Å². The van der Waals surface area contributed by atoms with E-state index < -0.39 is 108 Å². The molecular weight excluding hydrogens is 1000 g/mol. The number of rotatable bonds is 19. The van der Waals surface area contributed by atoms with Crippen LogP contribution in [0.1, 0.15) is 82.3 Å². The number of carbonyl (C=O) groups is 10. The van der Waals surface area contributed by atoms with E-state index in [2.05, 4.69) is 57.5 Å². The van der Waals surface area contributed by atoms with E-state index in [1.54, 1.807) is 48.7 Å². The Morgan fingerprint density at radius 1 is 0.688 bits per heavy atom. The first kappa shape index (κ1) is 60.6. The van der Waals surface area contributed by atoms with Crippen LogP contribution in [0.25, 0.3) is 10.9 Å². The molecule has 418 valence electrons. The van der Waals surface area contributed by atoms with Gasteiger partial charge in [-0.15, -0.1) is 0 Å². The lowest BCUT2D eigenvalue weighted by atomic mass is 10.0. The summed E-state index contributed by atoms with van der Waals surface area (Å²) in [6.07, 6.45) is -0.0150. The molecule has 2 aromatic carbocycles. The maximum Gasteiger partial charge on any atom is 0.243 e. The molecule has 23 N–H and O–H groups in total. The second-order valence-electron chi connectivity index (χ2n) is 18.5. The molecule has 0 aliphatic carbocycles. The normalized spacial score (nSPS) is 20.8. The molecule has 28 heteroatoms. The van der Waals surface area contributed by atoms with Crippen LogP contribution < -0.4 is 82.7 Å². The molecule has 2 heterocycles. The van der Waals surface area contributed by atoms with E-state index in [9.17, 15) is 47.9 Å². The third-order valence-corrected chi connectivity index (χ3v) is 12.3. The van der Waals surface area contributed by atoms with Gasteiger partial charge in [-0.1, -0.05) is 30.3 Å². The smallest absolute Gasteiger partial charge is 0.243 e. The predicted octanol–water partition coefficient (Wildman–Crippen LogP) is -4.50. The van der Waals surface area contributed by atoms with Crippen molar-refractivity contribution in [3.05, 3.63) is 65.9 Å². The van der Waals surface area contributed by atoms with E-state index in [-0.39, 0.29) is 102 Å². The first-order valence-corrected chi connectivity index (χ1v) is 25.0. The van der Waals surface area contributed by atoms with Gasteiger partial charge in [-0.2, -0.15) is 0 Å². The van der Waals surface area contributed by atoms with Crippen LogP contribution in [0.3, 0.4) is 0 Å². The number of nitrogens with one attached hydrogen (secondary N) is 9. The first-order chi connectivity index (χ1) is 36.6. The number of hydrogen-bond acceptors (Lipinski definition) is 13. The lowest BCUT2D eigenvalue weighted by Gasteiger charge is -2.28. The molecule has 1 saturated heterocycles. The van der Waals surface area contributed by atoms with E-state index >= 15 is 0 Å². The topological polar surface area (TPSA) is 490 Å². The van der Waals surface area contributed by atoms with E-state index in [1.807, 2.05) is 6.07 Å². The van der Waals surface area contributed by atoms with Crippen molar-refractivity contribution in [1.29, 1.82) is 0 Å². The van der Waals surface area contributed by atoms with Gasteiger partial charge in [-0.25, -0.2) is 0 Å². The van der Waals surface area contributed by atoms with Crippen molar-refractivity contribution in [2.75, 3.05) is 25.4 Å². The van der Waals surface area contributed by atoms with Crippen molar-refractivity contribution in [1.82, 2.24) is 47.5 Å². The molecule has 0 saturated carbocycles. The number of para-hydroxylation sites is 1. The largest absolute Gasteiger partial charge is 0.399 e. The fourth-order valence-electron chi connectivity index (χ4n) is 8.26. The van der Waals surface area contributed by atoms with Crippen LogP contribution in [0.15, 0.2) is 64.7 Å². The third kappa shape index (κ3) is 21.0. The summed E-state index contributed by atoms with van der Waals surface area (Å²) < 4.78 is 0. The minimum Gasteiger partial charge on any atom is -0.399 e. The second-order valence-corrected chi connectivity index (χ2v) is 18.5. The number of aromatic amines is 1. The van der Waals surface area contributed by atoms with Crippen LogP contribution in [0.2, 0.25) is 0 Å². The Balaban J connectivity index is 1.80. The molecule has 1 aliphatic rings. The molecule has 0 unspecified atom stereocenters. The number of H-pyrrole nitrogens is 1. The van der Waals surface area contributed by atoms with E-state index in [4.69, 9.17) is 40.1 Å². The fourth-order valence-corrected chi connectivity index (χ4v) is 8.26. The number of primary amides is 2. The van der Waals surface area contributed by atoms with Gasteiger partial charge in [0.25, 0.3) is 0 Å². The quantitative estimate of drug-likeness (QED) is 0.0233. The Morgan fingerprint density at radius 3 is 1.91 bits per heavy atom. The Labute approximate surface area is 443 Å². The molecule has 0 bridgehead atoms. The van der Waals surface area contributed by atoms with Crippen LogP contribution in [-0.4, -0.2) is 138 Å². The molecule has 1 aromatic heterocycles. The van der Waals surface area contributed by atoms with Gasteiger partial charge in [-0.05, 0) is 80.7 Å². The lowest BCUT2D eigenvalue weighted by molar-refractivity contribution is -0.136. The van der Waals surface area contributed by atoms with Gasteiger partial charge in [0.15, 0.2) is 11.9 Å². The minimum atomic E-state index is -1.58. The molecule has 0 radical (unpaired) electrons. The van der Waals surface area contributed by atoms with Gasteiger partial charge in [0.05, 0.1) is 0 Å². The number of aliphatic imine (C=N–C) groups is 2. The lowest BCUT2D eigenvalue weighted by Crippen LogP contribution is -2.60. The molecule has 77 heavy (non-hydrogen) atoms. The highest BCUT2D eigenvalue weighted by molar-refractivity contribution is 5.98. The van der Waals surface area contributed by atoms with Gasteiger partial charge in [0.2, 0.25) is 59.1 Å². The van der Waals surface area contributed by atoms with E-state index in [0.29, 0.717) is 16.8 Å². The second kappa shape index (κ2) is 30.4. The standard InChI is InChI=1S/C49H72N18O10/c1-26(68)61-33(9-5-21-58-48(53)54)42(72)63-34-10-4-20-57-40(70)19-17-32(41(52)71)62-47(77)38(24-28-25-60-31-8-3-2-7-30(28)31)67-44(74)35(11-6-22-59-49(55)56)64-46(76)37(23-27-12-14-29(50)15-13-27)66-45(75)36(65-43(34)73)16-18-39(51)69/h2-3,7-8,12-15,25,32-38,60H,4-6,9-11,16-24,50H2,1H3,(H2,51,69)(H2,52,71)(H,57,70)(H,61,68)(H,62,77)(H,63,72)(H,64,76)(H,65,73)(H,66,75)(H,67,74)(H4,53,54,58)(H4,55,56,59)/t32-,33-,34-,35-,36-,37+,38-/m0/s1. The van der Waals surface area contributed by atoms with Crippen molar-refractivity contribution in [2.24, 2.45) is 44.4 Å². The molecule has 10 amide bonds. The van der Waals surface area contributed by atoms with Gasteiger partial charge < -0.3 is 87.7 Å². The Bertz CT molecular complexity index is 2630. The van der Waals surface area contributed by atoms with Gasteiger partial charge in [0.1, 0.15) is 42.3 Å². The van der Waals surface area contributed by atoms with Crippen LogP contribution >= 0.6 is 0 Å². The van der Waals surface area contributed by atoms with Crippen molar-refractivity contribution in [3.63, 3.8) is 0 Å². The number of guanidine groups is 2. The number of aromatic nitrogens is 1.